The number of hydrogen-bond acceptors (Lipinski definition) is 3. The Kier molecular flexibility index (Phi) is 2.81. The first kappa shape index (κ1) is 9.90. The van der Waals surface area contributed by atoms with E-state index in [1.54, 1.807) is 0 Å². The first-order valence-corrected chi connectivity index (χ1v) is 5.03. The largest absolute Gasteiger partial charge is 0.454 e. The third-order valence-corrected chi connectivity index (χ3v) is 2.25. The standard InChI is InChI=1S/C12H15NO2/c1-9(2)5-6-13-10-3-4-11-12(7-10)15-8-14-11/h3-4,7,13H,1,5-6,8H2,2H3. The van der Waals surface area contributed by atoms with Gasteiger partial charge in [0.15, 0.2) is 11.5 Å². The number of nitrogens with one attached hydrogen (secondary N) is 1. The minimum absolute atomic E-state index is 0.324. The fourth-order valence-electron chi connectivity index (χ4n) is 1.43. The van der Waals surface area contributed by atoms with Crippen LogP contribution in [0, 0.1) is 0 Å². The van der Waals surface area contributed by atoms with Gasteiger partial charge in [-0.25, -0.2) is 0 Å². The van der Waals surface area contributed by atoms with Gasteiger partial charge >= 0.3 is 0 Å². The average Bonchev–Trinajstić information content (AvgIpc) is 2.64. The lowest BCUT2D eigenvalue weighted by atomic mass is 10.2. The van der Waals surface area contributed by atoms with Gasteiger partial charge in [0.1, 0.15) is 0 Å². The lowest BCUT2D eigenvalue weighted by Gasteiger charge is -2.06. The van der Waals surface area contributed by atoms with Crippen molar-refractivity contribution in [1.29, 1.82) is 0 Å². The van der Waals surface area contributed by atoms with Crippen LogP contribution in [0.4, 0.5) is 5.69 Å². The number of ether oxygens (including phenoxy) is 2. The summed E-state index contributed by atoms with van der Waals surface area (Å²) < 4.78 is 10.5. The Balaban J connectivity index is 1.95. The Hall–Kier alpha value is -1.64. The van der Waals surface area contributed by atoms with Crippen LogP contribution >= 0.6 is 0 Å². The zero-order valence-electron chi connectivity index (χ0n) is 8.88. The zero-order chi connectivity index (χ0) is 10.7. The van der Waals surface area contributed by atoms with E-state index in [2.05, 4.69) is 11.9 Å². The Morgan fingerprint density at radius 3 is 3.00 bits per heavy atom. The van der Waals surface area contributed by atoms with Crippen molar-refractivity contribution < 1.29 is 9.47 Å². The highest BCUT2D eigenvalue weighted by Gasteiger charge is 2.12. The number of rotatable bonds is 4. The fourth-order valence-corrected chi connectivity index (χ4v) is 1.43. The van der Waals surface area contributed by atoms with Crippen LogP contribution in [0.5, 0.6) is 11.5 Å². The molecule has 0 saturated carbocycles. The van der Waals surface area contributed by atoms with Gasteiger partial charge < -0.3 is 14.8 Å². The molecular formula is C12H15NO2. The Morgan fingerprint density at radius 2 is 2.20 bits per heavy atom. The molecule has 15 heavy (non-hydrogen) atoms. The molecule has 80 valence electrons. The van der Waals surface area contributed by atoms with Crippen molar-refractivity contribution in [2.75, 3.05) is 18.7 Å². The second kappa shape index (κ2) is 4.26. The molecule has 0 fully saturated rings. The van der Waals surface area contributed by atoms with Crippen molar-refractivity contribution in [3.8, 4) is 11.5 Å². The molecule has 0 amide bonds. The molecule has 1 aromatic carbocycles. The van der Waals surface area contributed by atoms with Crippen molar-refractivity contribution in [1.82, 2.24) is 0 Å². The quantitative estimate of drug-likeness (QED) is 0.767. The molecule has 3 nitrogen and oxygen atoms in total. The highest BCUT2D eigenvalue weighted by Crippen LogP contribution is 2.34. The van der Waals surface area contributed by atoms with Crippen molar-refractivity contribution in [3.63, 3.8) is 0 Å². The van der Waals surface area contributed by atoms with E-state index in [9.17, 15) is 0 Å². The van der Waals surface area contributed by atoms with Gasteiger partial charge in [-0.2, -0.15) is 0 Å². The lowest BCUT2D eigenvalue weighted by molar-refractivity contribution is 0.174. The fraction of sp³-hybridized carbons (Fsp3) is 0.333. The van der Waals surface area contributed by atoms with Crippen LogP contribution < -0.4 is 14.8 Å². The third-order valence-electron chi connectivity index (χ3n) is 2.25. The first-order chi connectivity index (χ1) is 7.25. The summed E-state index contributed by atoms with van der Waals surface area (Å²) in [4.78, 5) is 0. The maximum Gasteiger partial charge on any atom is 0.231 e. The topological polar surface area (TPSA) is 30.5 Å². The Bertz CT molecular complexity index is 374. The van der Waals surface area contributed by atoms with E-state index < -0.39 is 0 Å². The highest BCUT2D eigenvalue weighted by molar-refractivity contribution is 5.55. The zero-order valence-corrected chi connectivity index (χ0v) is 8.88. The number of fused-ring (bicyclic) bond motifs is 1. The van der Waals surface area contributed by atoms with Crippen molar-refractivity contribution >= 4 is 5.69 Å². The van der Waals surface area contributed by atoms with E-state index in [0.29, 0.717) is 6.79 Å². The van der Waals surface area contributed by atoms with Crippen LogP contribution in [0.15, 0.2) is 30.4 Å². The molecule has 0 radical (unpaired) electrons. The van der Waals surface area contributed by atoms with Crippen LogP contribution in [0.1, 0.15) is 13.3 Å². The van der Waals surface area contributed by atoms with Gasteiger partial charge in [-0.3, -0.25) is 0 Å². The van der Waals surface area contributed by atoms with Gasteiger partial charge in [-0.05, 0) is 25.5 Å². The van der Waals surface area contributed by atoms with Gasteiger partial charge in [0, 0.05) is 18.3 Å². The monoisotopic (exact) mass is 205 g/mol. The minimum atomic E-state index is 0.324. The van der Waals surface area contributed by atoms with Crippen molar-refractivity contribution in [2.24, 2.45) is 0 Å². The second-order valence-electron chi connectivity index (χ2n) is 3.70. The van der Waals surface area contributed by atoms with Crippen molar-refractivity contribution in [2.45, 2.75) is 13.3 Å². The van der Waals surface area contributed by atoms with Gasteiger partial charge in [0.2, 0.25) is 6.79 Å². The first-order valence-electron chi connectivity index (χ1n) is 5.03. The van der Waals surface area contributed by atoms with E-state index in [1.807, 2.05) is 25.1 Å². The molecule has 0 aliphatic carbocycles. The lowest BCUT2D eigenvalue weighted by Crippen LogP contribution is -2.01. The summed E-state index contributed by atoms with van der Waals surface area (Å²) in [6.45, 7) is 7.11. The van der Waals surface area contributed by atoms with E-state index >= 15 is 0 Å². The van der Waals surface area contributed by atoms with Gasteiger partial charge in [-0.15, -0.1) is 6.58 Å². The minimum Gasteiger partial charge on any atom is -0.454 e. The molecule has 3 heteroatoms. The van der Waals surface area contributed by atoms with E-state index in [1.165, 1.54) is 5.57 Å². The average molecular weight is 205 g/mol. The molecule has 0 atom stereocenters. The predicted octanol–water partition coefficient (Wildman–Crippen LogP) is 2.79. The van der Waals surface area contributed by atoms with E-state index in [-0.39, 0.29) is 0 Å². The highest BCUT2D eigenvalue weighted by atomic mass is 16.7. The number of hydrogen-bond donors (Lipinski definition) is 1. The van der Waals surface area contributed by atoms with Crippen LogP contribution in [0.3, 0.4) is 0 Å². The maximum atomic E-state index is 5.29. The summed E-state index contributed by atoms with van der Waals surface area (Å²) in [7, 11) is 0. The number of benzene rings is 1. The SMILES string of the molecule is C=C(C)CCNc1ccc2c(c1)OCO2. The summed E-state index contributed by atoms with van der Waals surface area (Å²) in [5, 5.41) is 3.31. The molecule has 0 bridgehead atoms. The van der Waals surface area contributed by atoms with Crippen LogP contribution in [0.25, 0.3) is 0 Å². The normalized spacial score (nSPS) is 12.6. The predicted molar refractivity (Wildman–Crippen MR) is 60.5 cm³/mol. The summed E-state index contributed by atoms with van der Waals surface area (Å²) in [6, 6.07) is 5.87. The molecular weight excluding hydrogens is 190 g/mol. The molecule has 1 heterocycles. The summed E-state index contributed by atoms with van der Waals surface area (Å²) in [6.07, 6.45) is 0.981. The summed E-state index contributed by atoms with van der Waals surface area (Å²) in [5.74, 6) is 1.63. The molecule has 1 N–H and O–H groups in total. The van der Waals surface area contributed by atoms with Gasteiger partial charge in [0.25, 0.3) is 0 Å². The molecule has 0 aromatic heterocycles. The van der Waals surface area contributed by atoms with Crippen LogP contribution in [-0.4, -0.2) is 13.3 Å². The van der Waals surface area contributed by atoms with Crippen molar-refractivity contribution in [3.05, 3.63) is 30.4 Å². The second-order valence-corrected chi connectivity index (χ2v) is 3.70. The van der Waals surface area contributed by atoms with Crippen LogP contribution in [0.2, 0.25) is 0 Å². The third kappa shape index (κ3) is 2.43. The maximum absolute atomic E-state index is 5.29. The van der Waals surface area contributed by atoms with E-state index in [4.69, 9.17) is 9.47 Å². The van der Waals surface area contributed by atoms with Gasteiger partial charge in [0.05, 0.1) is 0 Å². The van der Waals surface area contributed by atoms with Gasteiger partial charge in [-0.1, -0.05) is 5.57 Å². The Morgan fingerprint density at radius 1 is 1.40 bits per heavy atom. The molecule has 0 saturated heterocycles. The summed E-state index contributed by atoms with van der Waals surface area (Å²) >= 11 is 0. The molecule has 1 aliphatic heterocycles. The molecule has 2 rings (SSSR count). The smallest absolute Gasteiger partial charge is 0.231 e. The van der Waals surface area contributed by atoms with Crippen LogP contribution in [-0.2, 0) is 0 Å². The van der Waals surface area contributed by atoms with E-state index in [0.717, 1.165) is 30.2 Å². The number of anilines is 1. The molecule has 0 unspecified atom stereocenters. The Labute approximate surface area is 89.7 Å². The summed E-state index contributed by atoms with van der Waals surface area (Å²) in [5.41, 5.74) is 2.24. The molecule has 1 aliphatic rings. The molecule has 1 aromatic rings. The molecule has 0 spiro atoms.